The van der Waals surface area contributed by atoms with E-state index >= 15 is 0 Å². The lowest BCUT2D eigenvalue weighted by Crippen LogP contribution is -2.50. The minimum Gasteiger partial charge on any atom is -0.506 e. The van der Waals surface area contributed by atoms with Gasteiger partial charge in [0.2, 0.25) is 0 Å². The van der Waals surface area contributed by atoms with E-state index < -0.39 is 0 Å². The molecular formula is C26H36N8O2. The molecule has 2 aliphatic rings. The second-order valence-electron chi connectivity index (χ2n) is 9.65. The molecule has 0 saturated carbocycles. The Hall–Kier alpha value is -3.79. The summed E-state index contributed by atoms with van der Waals surface area (Å²) in [5.41, 5.74) is 14.6. The molecule has 1 fully saturated rings. The number of nitrogens with one attached hydrogen (secondary N) is 3. The maximum atomic E-state index is 13.1. The van der Waals surface area contributed by atoms with Crippen LogP contribution in [0.4, 0.5) is 11.4 Å². The molecule has 10 heteroatoms. The molecule has 2 atom stereocenters. The van der Waals surface area contributed by atoms with Gasteiger partial charge in [-0.1, -0.05) is 30.3 Å². The number of phenolic OH excluding ortho intramolecular Hbond substituents is 1. The van der Waals surface area contributed by atoms with Gasteiger partial charge in [-0.25, -0.2) is 5.53 Å². The number of aromatic hydroxyl groups is 1. The summed E-state index contributed by atoms with van der Waals surface area (Å²) in [6.45, 7) is 5.04. The molecule has 1 saturated heterocycles. The van der Waals surface area contributed by atoms with Gasteiger partial charge in [0.15, 0.2) is 0 Å². The van der Waals surface area contributed by atoms with Crippen LogP contribution in [0.25, 0.3) is 0 Å². The number of piperidine rings is 1. The molecule has 2 heterocycles. The van der Waals surface area contributed by atoms with E-state index in [-0.39, 0.29) is 35.9 Å². The first-order valence-electron chi connectivity index (χ1n) is 12.3. The van der Waals surface area contributed by atoms with Gasteiger partial charge in [0.05, 0.1) is 17.4 Å². The van der Waals surface area contributed by atoms with Gasteiger partial charge in [0, 0.05) is 38.3 Å². The fraction of sp³-hybridized carbons (Fsp3) is 0.423. The normalized spacial score (nSPS) is 18.1. The molecule has 6 N–H and O–H groups in total. The highest BCUT2D eigenvalue weighted by Gasteiger charge is 2.35. The number of likely N-dealkylation sites (tertiary alicyclic amines) is 1. The van der Waals surface area contributed by atoms with Gasteiger partial charge in [-0.05, 0) is 56.4 Å². The van der Waals surface area contributed by atoms with E-state index in [1.54, 1.807) is 23.1 Å². The van der Waals surface area contributed by atoms with E-state index in [2.05, 4.69) is 28.2 Å². The van der Waals surface area contributed by atoms with Crippen molar-refractivity contribution in [3.63, 3.8) is 0 Å². The van der Waals surface area contributed by atoms with Crippen LogP contribution >= 0.6 is 0 Å². The van der Waals surface area contributed by atoms with Crippen LogP contribution in [-0.4, -0.2) is 58.8 Å². The zero-order valence-corrected chi connectivity index (χ0v) is 21.1. The number of amidine groups is 1. The Morgan fingerprint density at radius 2 is 1.94 bits per heavy atom. The molecule has 36 heavy (non-hydrogen) atoms. The van der Waals surface area contributed by atoms with Crippen molar-refractivity contribution in [2.45, 2.75) is 45.2 Å². The van der Waals surface area contributed by atoms with Crippen molar-refractivity contribution in [3.8, 4) is 5.75 Å². The number of hydrazine groups is 2. The number of rotatable bonds is 8. The quantitative estimate of drug-likeness (QED) is 0.217. The van der Waals surface area contributed by atoms with Gasteiger partial charge in [0.25, 0.3) is 5.91 Å². The van der Waals surface area contributed by atoms with E-state index in [0.717, 1.165) is 18.7 Å². The van der Waals surface area contributed by atoms with Crippen LogP contribution in [0, 0.1) is 11.3 Å². The first-order valence-corrected chi connectivity index (χ1v) is 12.3. The Labute approximate surface area is 212 Å². The average Bonchev–Trinajstić information content (AvgIpc) is 3.31. The van der Waals surface area contributed by atoms with Crippen LogP contribution in [0.5, 0.6) is 5.75 Å². The lowest BCUT2D eigenvalue weighted by Gasteiger charge is -2.39. The van der Waals surface area contributed by atoms with E-state index in [9.17, 15) is 9.90 Å². The molecule has 0 radical (unpaired) electrons. The Bertz CT molecular complexity index is 1110. The number of carbonyl (C=O) groups is 1. The molecule has 2 aliphatic heterocycles. The summed E-state index contributed by atoms with van der Waals surface area (Å²) in [5, 5.41) is 24.9. The van der Waals surface area contributed by atoms with Gasteiger partial charge in [0.1, 0.15) is 11.6 Å². The number of nitrogen functional groups attached to an aromatic ring is 1. The van der Waals surface area contributed by atoms with E-state index in [4.69, 9.17) is 11.1 Å². The van der Waals surface area contributed by atoms with Crippen LogP contribution in [0.15, 0.2) is 53.6 Å². The smallest absolute Gasteiger partial charge is 0.267 e. The molecular weight excluding hydrogens is 456 g/mol. The predicted octanol–water partition coefficient (Wildman–Crippen LogP) is 2.85. The van der Waals surface area contributed by atoms with Gasteiger partial charge in [-0.15, -0.1) is 10.2 Å². The molecule has 2 aromatic carbocycles. The number of amides is 1. The minimum absolute atomic E-state index is 0.0590. The van der Waals surface area contributed by atoms with Crippen molar-refractivity contribution >= 4 is 28.8 Å². The first-order chi connectivity index (χ1) is 17.2. The molecule has 4 rings (SSSR count). The lowest BCUT2D eigenvalue weighted by atomic mass is 9.85. The lowest BCUT2D eigenvalue weighted by molar-refractivity contribution is -0.126. The third kappa shape index (κ3) is 5.54. The summed E-state index contributed by atoms with van der Waals surface area (Å²) in [7, 11) is 1.83. The Morgan fingerprint density at radius 3 is 2.58 bits per heavy atom. The third-order valence-corrected chi connectivity index (χ3v) is 7.10. The fourth-order valence-corrected chi connectivity index (χ4v) is 4.96. The number of nitrogens with two attached hydrogens (primary N) is 1. The first kappa shape index (κ1) is 25.3. The SMILES string of the molecule is CC1=NNN(C(c2ccccc2)C2CCN(C(=O)C(=N)CC(C)N(C)c3cc(N)ccc3O)CC2)N1. The number of hydrogen-bond donors (Lipinski definition) is 5. The molecule has 0 spiro atoms. The number of nitrogens with zero attached hydrogens (tertiary/aromatic N) is 4. The average molecular weight is 493 g/mol. The number of hydrogen-bond acceptors (Lipinski definition) is 9. The van der Waals surface area contributed by atoms with Crippen LogP contribution in [0.1, 0.15) is 44.7 Å². The monoisotopic (exact) mass is 492 g/mol. The number of phenols is 1. The maximum absolute atomic E-state index is 13.1. The van der Waals surface area contributed by atoms with Crippen molar-refractivity contribution in [1.82, 2.24) is 21.0 Å². The van der Waals surface area contributed by atoms with Gasteiger partial charge in [-0.3, -0.25) is 15.6 Å². The van der Waals surface area contributed by atoms with Crippen LogP contribution in [0.2, 0.25) is 0 Å². The summed E-state index contributed by atoms with van der Waals surface area (Å²) in [6, 6.07) is 15.1. The Morgan fingerprint density at radius 1 is 1.25 bits per heavy atom. The molecule has 10 nitrogen and oxygen atoms in total. The number of benzene rings is 2. The summed E-state index contributed by atoms with van der Waals surface area (Å²) in [5.74, 6) is 1.01. The Balaban J connectivity index is 1.35. The number of anilines is 2. The van der Waals surface area contributed by atoms with Gasteiger partial charge in [-0.2, -0.15) is 0 Å². The third-order valence-electron chi connectivity index (χ3n) is 7.10. The van der Waals surface area contributed by atoms with E-state index in [1.165, 1.54) is 5.56 Å². The summed E-state index contributed by atoms with van der Waals surface area (Å²) >= 11 is 0. The molecule has 0 bridgehead atoms. The Kier molecular flexibility index (Phi) is 7.64. The molecule has 192 valence electrons. The molecule has 1 amide bonds. The van der Waals surface area contributed by atoms with Gasteiger partial charge < -0.3 is 20.6 Å². The molecule has 0 aliphatic carbocycles. The molecule has 2 aromatic rings. The van der Waals surface area contributed by atoms with Crippen molar-refractivity contribution in [1.29, 1.82) is 5.41 Å². The van der Waals surface area contributed by atoms with Gasteiger partial charge >= 0.3 is 0 Å². The summed E-state index contributed by atoms with van der Waals surface area (Å²) < 4.78 is 0. The van der Waals surface area contributed by atoms with Crippen molar-refractivity contribution in [2.75, 3.05) is 30.8 Å². The zero-order valence-electron chi connectivity index (χ0n) is 21.1. The fourth-order valence-electron chi connectivity index (χ4n) is 4.96. The van der Waals surface area contributed by atoms with Crippen LogP contribution in [0.3, 0.4) is 0 Å². The second-order valence-corrected chi connectivity index (χ2v) is 9.65. The highest BCUT2D eigenvalue weighted by Crippen LogP contribution is 2.35. The summed E-state index contributed by atoms with van der Waals surface area (Å²) in [4.78, 5) is 16.8. The van der Waals surface area contributed by atoms with Crippen molar-refractivity contribution in [2.24, 2.45) is 11.0 Å². The minimum atomic E-state index is -0.224. The maximum Gasteiger partial charge on any atom is 0.267 e. The summed E-state index contributed by atoms with van der Waals surface area (Å²) in [6.07, 6.45) is 1.92. The van der Waals surface area contributed by atoms with Crippen molar-refractivity contribution in [3.05, 3.63) is 54.1 Å². The largest absolute Gasteiger partial charge is 0.506 e. The highest BCUT2D eigenvalue weighted by molar-refractivity contribution is 6.37. The highest BCUT2D eigenvalue weighted by atomic mass is 16.3. The van der Waals surface area contributed by atoms with Crippen molar-refractivity contribution < 1.29 is 9.90 Å². The van der Waals surface area contributed by atoms with E-state index in [1.807, 2.05) is 49.1 Å². The van der Waals surface area contributed by atoms with E-state index in [0.29, 0.717) is 30.4 Å². The van der Waals surface area contributed by atoms with Crippen LogP contribution < -0.4 is 21.6 Å². The molecule has 2 unspecified atom stereocenters. The topological polar surface area (TPSA) is 133 Å². The second kappa shape index (κ2) is 10.9. The molecule has 0 aromatic heterocycles. The number of hydrazone groups is 1. The predicted molar refractivity (Wildman–Crippen MR) is 142 cm³/mol. The standard InChI is InChI=1S/C26H36N8O2/c1-17(32(3)23-16-21(27)9-10-24(23)35)15-22(28)26(36)33-13-11-20(12-14-33)25(19-7-5-4-6-8-19)34-30-18(2)29-31-34/h4-10,16-17,20,25,28,31,35H,11-15,27H2,1-3H3,(H,29,30). The number of carbonyl (C=O) groups excluding carboxylic acids is 1. The zero-order chi connectivity index (χ0) is 25.8. The van der Waals surface area contributed by atoms with Crippen LogP contribution in [-0.2, 0) is 4.79 Å².